The lowest BCUT2D eigenvalue weighted by atomic mass is 9.86. The number of anilines is 1. The number of benzene rings is 2. The fourth-order valence-electron chi connectivity index (χ4n) is 4.12. The summed E-state index contributed by atoms with van der Waals surface area (Å²) in [5.41, 5.74) is 2.37. The van der Waals surface area contributed by atoms with Crippen molar-refractivity contribution in [3.63, 3.8) is 0 Å². The van der Waals surface area contributed by atoms with Crippen LogP contribution in [0.15, 0.2) is 47.4 Å². The summed E-state index contributed by atoms with van der Waals surface area (Å²) < 4.78 is 0. The lowest BCUT2D eigenvalue weighted by molar-refractivity contribution is -0.116. The van der Waals surface area contributed by atoms with Gasteiger partial charge in [0.15, 0.2) is 0 Å². The summed E-state index contributed by atoms with van der Waals surface area (Å²) in [5, 5.41) is 3.86. The van der Waals surface area contributed by atoms with Gasteiger partial charge in [-0.2, -0.15) is 0 Å². The van der Waals surface area contributed by atoms with Crippen molar-refractivity contribution in [2.24, 2.45) is 5.92 Å². The van der Waals surface area contributed by atoms with E-state index in [1.54, 1.807) is 4.90 Å². The first-order valence-corrected chi connectivity index (χ1v) is 11.5. The minimum Gasteiger partial charge on any atom is -0.349 e. The highest BCUT2D eigenvalue weighted by molar-refractivity contribution is 8.00. The van der Waals surface area contributed by atoms with Gasteiger partial charge in [0.1, 0.15) is 0 Å². The van der Waals surface area contributed by atoms with Gasteiger partial charge < -0.3 is 10.2 Å². The van der Waals surface area contributed by atoms with Crippen LogP contribution < -0.4 is 10.2 Å². The number of nitrogens with one attached hydrogen (secondary N) is 1. The summed E-state index contributed by atoms with van der Waals surface area (Å²) in [6.45, 7) is 2.65. The number of carbonyl (C=O) groups is 2. The number of thioether (sulfide) groups is 1. The summed E-state index contributed by atoms with van der Waals surface area (Å²) in [6.07, 6.45) is 4.60. The molecule has 2 aromatic rings. The van der Waals surface area contributed by atoms with Crippen LogP contribution in [0.3, 0.4) is 0 Å². The summed E-state index contributed by atoms with van der Waals surface area (Å²) in [4.78, 5) is 28.3. The molecule has 152 valence electrons. The summed E-state index contributed by atoms with van der Waals surface area (Å²) in [6, 6.07) is 13.4. The number of hydrogen-bond donors (Lipinski definition) is 1. The number of fused-ring (bicyclic) bond motifs is 1. The summed E-state index contributed by atoms with van der Waals surface area (Å²) in [5.74, 6) is 0.888. The van der Waals surface area contributed by atoms with E-state index < -0.39 is 0 Å². The quantitative estimate of drug-likeness (QED) is 0.719. The van der Waals surface area contributed by atoms with Crippen LogP contribution in [0.4, 0.5) is 5.69 Å². The van der Waals surface area contributed by atoms with Crippen LogP contribution in [0.1, 0.15) is 48.5 Å². The molecule has 0 unspecified atom stereocenters. The largest absolute Gasteiger partial charge is 0.349 e. The number of carbonyl (C=O) groups excluding carboxylic acids is 2. The van der Waals surface area contributed by atoms with E-state index >= 15 is 0 Å². The van der Waals surface area contributed by atoms with Crippen molar-refractivity contribution in [2.45, 2.75) is 50.1 Å². The van der Waals surface area contributed by atoms with E-state index in [2.05, 4.69) is 12.2 Å². The van der Waals surface area contributed by atoms with Crippen molar-refractivity contribution in [3.8, 4) is 0 Å². The Morgan fingerprint density at radius 1 is 1.21 bits per heavy atom. The van der Waals surface area contributed by atoms with Crippen LogP contribution in [0, 0.1) is 5.92 Å². The molecule has 1 aliphatic carbocycles. The average molecular weight is 429 g/mol. The Bertz CT molecular complexity index is 933. The Hall–Kier alpha value is -1.98. The van der Waals surface area contributed by atoms with E-state index in [0.29, 0.717) is 28.8 Å². The maximum Gasteiger partial charge on any atom is 0.251 e. The molecule has 0 bridgehead atoms. The molecule has 2 aromatic carbocycles. The van der Waals surface area contributed by atoms with Gasteiger partial charge in [-0.1, -0.05) is 43.5 Å². The molecular formula is C23H25ClN2O2S. The number of hydrogen-bond acceptors (Lipinski definition) is 3. The monoisotopic (exact) mass is 428 g/mol. The van der Waals surface area contributed by atoms with Gasteiger partial charge in [-0.25, -0.2) is 0 Å². The molecule has 4 rings (SSSR count). The number of rotatable bonds is 4. The zero-order chi connectivity index (χ0) is 20.4. The van der Waals surface area contributed by atoms with E-state index in [0.717, 1.165) is 35.4 Å². The second-order valence-electron chi connectivity index (χ2n) is 7.92. The SMILES string of the molecule is C[C@@H]1CCCC[C@H]1NC(=O)c1ccc2c(c1)N(Cc1cccc(Cl)c1)C(=O)CS2. The smallest absolute Gasteiger partial charge is 0.251 e. The normalized spacial score (nSPS) is 21.6. The molecule has 1 heterocycles. The topological polar surface area (TPSA) is 49.4 Å². The van der Waals surface area contributed by atoms with Crippen LogP contribution >= 0.6 is 23.4 Å². The molecule has 1 N–H and O–H groups in total. The lowest BCUT2D eigenvalue weighted by Crippen LogP contribution is -2.41. The second-order valence-corrected chi connectivity index (χ2v) is 9.38. The van der Waals surface area contributed by atoms with Crippen LogP contribution in [-0.4, -0.2) is 23.6 Å². The predicted molar refractivity (Wildman–Crippen MR) is 119 cm³/mol. The Balaban J connectivity index is 1.57. The highest BCUT2D eigenvalue weighted by Crippen LogP contribution is 2.37. The third-order valence-corrected chi connectivity index (χ3v) is 7.10. The van der Waals surface area contributed by atoms with E-state index in [-0.39, 0.29) is 17.9 Å². The molecule has 2 atom stereocenters. The molecule has 2 aliphatic rings. The first-order valence-electron chi connectivity index (χ1n) is 10.1. The minimum atomic E-state index is -0.0581. The molecule has 0 radical (unpaired) electrons. The van der Waals surface area contributed by atoms with Gasteiger partial charge in [-0.15, -0.1) is 11.8 Å². The van der Waals surface area contributed by atoms with Crippen LogP contribution in [0.25, 0.3) is 0 Å². The van der Waals surface area contributed by atoms with Gasteiger partial charge in [-0.05, 0) is 54.7 Å². The van der Waals surface area contributed by atoms with E-state index in [1.807, 2.05) is 42.5 Å². The fourth-order valence-corrected chi connectivity index (χ4v) is 5.25. The predicted octanol–water partition coefficient (Wildman–Crippen LogP) is 5.29. The van der Waals surface area contributed by atoms with Crippen molar-refractivity contribution in [1.82, 2.24) is 5.32 Å². The molecule has 29 heavy (non-hydrogen) atoms. The molecular weight excluding hydrogens is 404 g/mol. The van der Waals surface area contributed by atoms with Crippen LogP contribution in [-0.2, 0) is 11.3 Å². The van der Waals surface area contributed by atoms with Crippen molar-refractivity contribution < 1.29 is 9.59 Å². The van der Waals surface area contributed by atoms with Gasteiger partial charge in [0.05, 0.1) is 18.0 Å². The molecule has 0 spiro atoms. The van der Waals surface area contributed by atoms with Gasteiger partial charge in [-0.3, -0.25) is 9.59 Å². The molecule has 1 aliphatic heterocycles. The Morgan fingerprint density at radius 2 is 2.03 bits per heavy atom. The maximum absolute atomic E-state index is 12.9. The Morgan fingerprint density at radius 3 is 2.83 bits per heavy atom. The molecule has 6 heteroatoms. The van der Waals surface area contributed by atoms with E-state index in [4.69, 9.17) is 11.6 Å². The Kier molecular flexibility index (Phi) is 6.16. The van der Waals surface area contributed by atoms with Crippen molar-refractivity contribution >= 4 is 40.9 Å². The molecule has 4 nitrogen and oxygen atoms in total. The maximum atomic E-state index is 12.9. The highest BCUT2D eigenvalue weighted by atomic mass is 35.5. The van der Waals surface area contributed by atoms with Crippen LogP contribution in [0.5, 0.6) is 0 Å². The molecule has 0 saturated heterocycles. The number of halogens is 1. The van der Waals surface area contributed by atoms with Gasteiger partial charge >= 0.3 is 0 Å². The van der Waals surface area contributed by atoms with Gasteiger partial charge in [0.25, 0.3) is 5.91 Å². The fraction of sp³-hybridized carbons (Fsp3) is 0.391. The van der Waals surface area contributed by atoms with Crippen molar-refractivity contribution in [3.05, 3.63) is 58.6 Å². The summed E-state index contributed by atoms with van der Waals surface area (Å²) in [7, 11) is 0. The first-order chi connectivity index (χ1) is 14.0. The summed E-state index contributed by atoms with van der Waals surface area (Å²) >= 11 is 7.63. The molecule has 0 aromatic heterocycles. The third-order valence-electron chi connectivity index (χ3n) is 5.82. The van der Waals surface area contributed by atoms with Gasteiger partial charge in [0.2, 0.25) is 5.91 Å². The zero-order valence-corrected chi connectivity index (χ0v) is 18.1. The number of nitrogens with zero attached hydrogens (tertiary/aromatic N) is 1. The standard InChI is InChI=1S/C23H25ClN2O2S/c1-15-5-2-3-8-19(15)25-23(28)17-9-10-21-20(12-17)26(22(27)14-29-21)13-16-6-4-7-18(24)11-16/h4,6-7,9-12,15,19H,2-3,5,8,13-14H2,1H3,(H,25,28)/t15-,19-/m1/s1. The molecule has 1 saturated carbocycles. The van der Waals surface area contributed by atoms with E-state index in [9.17, 15) is 9.59 Å². The highest BCUT2D eigenvalue weighted by Gasteiger charge is 2.27. The minimum absolute atomic E-state index is 0.0425. The van der Waals surface area contributed by atoms with Crippen molar-refractivity contribution in [1.29, 1.82) is 0 Å². The van der Waals surface area contributed by atoms with E-state index in [1.165, 1.54) is 18.2 Å². The number of amides is 2. The lowest BCUT2D eigenvalue weighted by Gasteiger charge is -2.31. The first kappa shape index (κ1) is 20.3. The second kappa shape index (κ2) is 8.80. The molecule has 1 fully saturated rings. The van der Waals surface area contributed by atoms with Crippen LogP contribution in [0.2, 0.25) is 5.02 Å². The molecule has 2 amide bonds. The third kappa shape index (κ3) is 4.62. The average Bonchev–Trinajstić information content (AvgIpc) is 2.71. The van der Waals surface area contributed by atoms with Crippen molar-refractivity contribution in [2.75, 3.05) is 10.7 Å². The zero-order valence-electron chi connectivity index (χ0n) is 16.5. The van der Waals surface area contributed by atoms with Gasteiger partial charge in [0, 0.05) is 21.5 Å². The Labute approximate surface area is 181 Å².